The number of rotatable bonds is 3. The van der Waals surface area contributed by atoms with Gasteiger partial charge in [-0.1, -0.05) is 12.1 Å². The van der Waals surface area contributed by atoms with Gasteiger partial charge in [0.05, 0.1) is 17.6 Å². The van der Waals surface area contributed by atoms with Gasteiger partial charge >= 0.3 is 0 Å². The number of nitrogens with zero attached hydrogens (tertiary/aromatic N) is 1. The Morgan fingerprint density at radius 2 is 2.17 bits per heavy atom. The zero-order valence-electron chi connectivity index (χ0n) is 9.38. The first-order valence-electron chi connectivity index (χ1n) is 5.22. The smallest absolute Gasteiger partial charge is 0.253 e. The Morgan fingerprint density at radius 3 is 2.89 bits per heavy atom. The third-order valence-corrected chi connectivity index (χ3v) is 2.74. The van der Waals surface area contributed by atoms with Crippen LogP contribution >= 0.6 is 12.6 Å². The summed E-state index contributed by atoms with van der Waals surface area (Å²) in [5.41, 5.74) is 6.06. The number of nitrogens with two attached hydrogens (primary N) is 1. The Kier molecular flexibility index (Phi) is 3.47. The van der Waals surface area contributed by atoms with E-state index in [2.05, 4.69) is 22.9 Å². The van der Waals surface area contributed by atoms with Gasteiger partial charge in [0, 0.05) is 16.5 Å². The largest absolute Gasteiger partial charge is 0.368 e. The first-order valence-corrected chi connectivity index (χ1v) is 5.67. The molecule has 0 saturated heterocycles. The second kappa shape index (κ2) is 5.05. The van der Waals surface area contributed by atoms with Crippen LogP contribution in [0.25, 0.3) is 10.9 Å². The molecular weight excluding hydrogens is 250 g/mol. The molecule has 0 radical (unpaired) electrons. The van der Waals surface area contributed by atoms with E-state index < -0.39 is 5.91 Å². The van der Waals surface area contributed by atoms with Crippen molar-refractivity contribution in [3.05, 3.63) is 36.0 Å². The zero-order valence-corrected chi connectivity index (χ0v) is 10.3. The van der Waals surface area contributed by atoms with Crippen LogP contribution in [0.3, 0.4) is 0 Å². The molecule has 2 aromatic rings. The van der Waals surface area contributed by atoms with E-state index in [4.69, 9.17) is 5.73 Å². The van der Waals surface area contributed by atoms with Crippen molar-refractivity contribution in [1.29, 1.82) is 0 Å². The van der Waals surface area contributed by atoms with Crippen LogP contribution < -0.4 is 11.1 Å². The summed E-state index contributed by atoms with van der Waals surface area (Å²) in [4.78, 5) is 27.2. The lowest BCUT2D eigenvalue weighted by molar-refractivity contribution is -0.117. The normalized spacial score (nSPS) is 10.3. The molecule has 5 nitrogen and oxygen atoms in total. The molecule has 2 amide bonds. The second-order valence-corrected chi connectivity index (χ2v) is 4.20. The van der Waals surface area contributed by atoms with Crippen LogP contribution in [0.15, 0.2) is 35.4 Å². The number of hydrogen-bond donors (Lipinski definition) is 3. The lowest BCUT2D eigenvalue weighted by Gasteiger charge is -2.05. The molecule has 92 valence electrons. The van der Waals surface area contributed by atoms with Gasteiger partial charge in [-0.15, -0.1) is 12.6 Å². The first kappa shape index (κ1) is 12.4. The minimum Gasteiger partial charge on any atom is -0.368 e. The standard InChI is InChI=1S/C12H11N3O2S/c13-10(16)6-15-12(17)8-4-7-2-1-3-9(18)11(7)14-5-8/h1-5,18H,6H2,(H2,13,16)(H,15,17). The van der Waals surface area contributed by atoms with Crippen molar-refractivity contribution < 1.29 is 9.59 Å². The molecule has 6 heteroatoms. The van der Waals surface area contributed by atoms with Crippen LogP contribution in [0.5, 0.6) is 0 Å². The molecule has 3 N–H and O–H groups in total. The molecule has 2 rings (SSSR count). The minimum absolute atomic E-state index is 0.191. The topological polar surface area (TPSA) is 85.1 Å². The molecule has 18 heavy (non-hydrogen) atoms. The van der Waals surface area contributed by atoms with E-state index in [0.717, 1.165) is 15.8 Å². The Bertz CT molecular complexity index is 628. The van der Waals surface area contributed by atoms with Crippen molar-refractivity contribution in [3.63, 3.8) is 0 Å². The number of carbonyl (C=O) groups excluding carboxylic acids is 2. The highest BCUT2D eigenvalue weighted by Gasteiger charge is 2.08. The summed E-state index contributed by atoms with van der Waals surface area (Å²) < 4.78 is 0. The van der Waals surface area contributed by atoms with E-state index in [-0.39, 0.29) is 12.5 Å². The quantitative estimate of drug-likeness (QED) is 0.712. The molecular formula is C12H11N3O2S. The number of nitrogens with one attached hydrogen (secondary N) is 1. The Balaban J connectivity index is 2.30. The highest BCUT2D eigenvalue weighted by molar-refractivity contribution is 7.80. The molecule has 0 aliphatic heterocycles. The number of benzene rings is 1. The van der Waals surface area contributed by atoms with Crippen LogP contribution in [0, 0.1) is 0 Å². The predicted molar refractivity (Wildman–Crippen MR) is 70.5 cm³/mol. The molecule has 0 fully saturated rings. The summed E-state index contributed by atoms with van der Waals surface area (Å²) >= 11 is 4.28. The van der Waals surface area contributed by atoms with Crippen LogP contribution in [0.1, 0.15) is 10.4 Å². The molecule has 1 aromatic carbocycles. The molecule has 0 aliphatic carbocycles. The molecule has 1 aromatic heterocycles. The van der Waals surface area contributed by atoms with Crippen molar-refractivity contribution in [2.75, 3.05) is 6.54 Å². The van der Waals surface area contributed by atoms with Crippen LogP contribution in [-0.2, 0) is 4.79 Å². The van der Waals surface area contributed by atoms with Gasteiger partial charge in [-0.2, -0.15) is 0 Å². The molecule has 0 saturated carbocycles. The molecule has 0 bridgehead atoms. The highest BCUT2D eigenvalue weighted by Crippen LogP contribution is 2.20. The van der Waals surface area contributed by atoms with E-state index in [0.29, 0.717) is 5.56 Å². The Morgan fingerprint density at radius 1 is 1.39 bits per heavy atom. The molecule has 0 spiro atoms. The van der Waals surface area contributed by atoms with Gasteiger partial charge in [-0.3, -0.25) is 14.6 Å². The lowest BCUT2D eigenvalue weighted by Crippen LogP contribution is -2.33. The van der Waals surface area contributed by atoms with Crippen molar-refractivity contribution in [3.8, 4) is 0 Å². The first-order chi connectivity index (χ1) is 8.58. The molecule has 0 atom stereocenters. The monoisotopic (exact) mass is 261 g/mol. The summed E-state index contributed by atoms with van der Waals surface area (Å²) in [7, 11) is 0. The van der Waals surface area contributed by atoms with Crippen LogP contribution in [0.4, 0.5) is 0 Å². The van der Waals surface area contributed by atoms with Gasteiger partial charge in [0.1, 0.15) is 0 Å². The number of fused-ring (bicyclic) bond motifs is 1. The third kappa shape index (κ3) is 2.60. The fraction of sp³-hybridized carbons (Fsp3) is 0.0833. The Labute approximate surface area is 109 Å². The summed E-state index contributed by atoms with van der Waals surface area (Å²) in [6.45, 7) is -0.191. The fourth-order valence-electron chi connectivity index (χ4n) is 1.54. The maximum atomic E-state index is 11.7. The number of thiol groups is 1. The number of pyridine rings is 1. The minimum atomic E-state index is -0.588. The summed E-state index contributed by atoms with van der Waals surface area (Å²) in [5.74, 6) is -0.970. The highest BCUT2D eigenvalue weighted by atomic mass is 32.1. The molecule has 0 unspecified atom stereocenters. The summed E-state index contributed by atoms with van der Waals surface area (Å²) in [6, 6.07) is 7.19. The third-order valence-electron chi connectivity index (χ3n) is 2.38. The van der Waals surface area contributed by atoms with Crippen LogP contribution in [0.2, 0.25) is 0 Å². The second-order valence-electron chi connectivity index (χ2n) is 3.72. The predicted octanol–water partition coefficient (Wildman–Crippen LogP) is 0.739. The number of carbonyl (C=O) groups is 2. The maximum absolute atomic E-state index is 11.7. The molecule has 0 aliphatic rings. The van der Waals surface area contributed by atoms with E-state index >= 15 is 0 Å². The fourth-order valence-corrected chi connectivity index (χ4v) is 1.81. The number of hydrogen-bond acceptors (Lipinski definition) is 4. The number of primary amides is 1. The lowest BCUT2D eigenvalue weighted by atomic mass is 10.1. The zero-order chi connectivity index (χ0) is 13.1. The average Bonchev–Trinajstić information content (AvgIpc) is 2.35. The number of amides is 2. The van der Waals surface area contributed by atoms with Crippen LogP contribution in [-0.4, -0.2) is 23.3 Å². The van der Waals surface area contributed by atoms with Gasteiger partial charge in [0.25, 0.3) is 5.91 Å². The van der Waals surface area contributed by atoms with Gasteiger partial charge in [0.2, 0.25) is 5.91 Å². The van der Waals surface area contributed by atoms with Gasteiger partial charge in [0.15, 0.2) is 0 Å². The summed E-state index contributed by atoms with van der Waals surface area (Å²) in [5, 5.41) is 3.22. The van der Waals surface area contributed by atoms with Crippen molar-refractivity contribution in [2.24, 2.45) is 5.73 Å². The van der Waals surface area contributed by atoms with Crippen molar-refractivity contribution in [1.82, 2.24) is 10.3 Å². The van der Waals surface area contributed by atoms with Gasteiger partial charge in [-0.25, -0.2) is 0 Å². The Hall–Kier alpha value is -2.08. The molecule has 1 heterocycles. The van der Waals surface area contributed by atoms with Gasteiger partial charge in [-0.05, 0) is 12.1 Å². The van der Waals surface area contributed by atoms with Gasteiger partial charge < -0.3 is 11.1 Å². The van der Waals surface area contributed by atoms with Crippen molar-refractivity contribution >= 4 is 35.3 Å². The van der Waals surface area contributed by atoms with Crippen molar-refractivity contribution in [2.45, 2.75) is 4.90 Å². The van der Waals surface area contributed by atoms with E-state index in [9.17, 15) is 9.59 Å². The maximum Gasteiger partial charge on any atom is 0.253 e. The van der Waals surface area contributed by atoms with E-state index in [1.54, 1.807) is 6.07 Å². The van der Waals surface area contributed by atoms with E-state index in [1.165, 1.54) is 6.20 Å². The number of para-hydroxylation sites is 1. The summed E-state index contributed by atoms with van der Waals surface area (Å²) in [6.07, 6.45) is 1.44. The van der Waals surface area contributed by atoms with E-state index in [1.807, 2.05) is 18.2 Å². The average molecular weight is 261 g/mol. The SMILES string of the molecule is NC(=O)CNC(=O)c1cnc2c(S)cccc2c1. The number of aromatic nitrogens is 1.